The molecule has 0 fully saturated rings. The molecule has 0 aromatic heterocycles. The van der Waals surface area contributed by atoms with Gasteiger partial charge < -0.3 is 4.74 Å². The van der Waals surface area contributed by atoms with Gasteiger partial charge in [-0.3, -0.25) is 0 Å². The number of hydrogen-bond acceptors (Lipinski definition) is 1. The maximum Gasteiger partial charge on any atom is 0.126 e. The first-order valence-corrected chi connectivity index (χ1v) is 3.66. The SMILES string of the molecule is C=C(CF)c1ccccc1OC. The molecule has 0 bridgehead atoms. The van der Waals surface area contributed by atoms with Crippen LogP contribution in [0.15, 0.2) is 30.8 Å². The molecule has 0 heterocycles. The maximum absolute atomic E-state index is 12.2. The monoisotopic (exact) mass is 166 g/mol. The summed E-state index contributed by atoms with van der Waals surface area (Å²) in [6, 6.07) is 7.25. The van der Waals surface area contributed by atoms with Crippen LogP contribution in [0.2, 0.25) is 0 Å². The van der Waals surface area contributed by atoms with Crippen molar-refractivity contribution in [3.05, 3.63) is 36.4 Å². The molecule has 0 aliphatic heterocycles. The van der Waals surface area contributed by atoms with Gasteiger partial charge in [-0.2, -0.15) is 0 Å². The lowest BCUT2D eigenvalue weighted by Gasteiger charge is -2.07. The van der Waals surface area contributed by atoms with Gasteiger partial charge in [-0.15, -0.1) is 0 Å². The van der Waals surface area contributed by atoms with Crippen molar-refractivity contribution in [1.82, 2.24) is 0 Å². The molecular formula is C10H11FO. The summed E-state index contributed by atoms with van der Waals surface area (Å²) >= 11 is 0. The van der Waals surface area contributed by atoms with Crippen LogP contribution in [0.5, 0.6) is 5.75 Å². The van der Waals surface area contributed by atoms with Gasteiger partial charge in [0, 0.05) is 5.56 Å². The molecule has 0 amide bonds. The summed E-state index contributed by atoms with van der Waals surface area (Å²) in [4.78, 5) is 0. The smallest absolute Gasteiger partial charge is 0.126 e. The van der Waals surface area contributed by atoms with Crippen molar-refractivity contribution in [2.24, 2.45) is 0 Å². The number of allylic oxidation sites excluding steroid dienone is 1. The van der Waals surface area contributed by atoms with Crippen LogP contribution in [0.1, 0.15) is 5.56 Å². The molecule has 12 heavy (non-hydrogen) atoms. The van der Waals surface area contributed by atoms with Crippen molar-refractivity contribution in [2.75, 3.05) is 13.8 Å². The Morgan fingerprint density at radius 1 is 1.50 bits per heavy atom. The van der Waals surface area contributed by atoms with Gasteiger partial charge in [0.2, 0.25) is 0 Å². The van der Waals surface area contributed by atoms with Gasteiger partial charge in [0.1, 0.15) is 12.4 Å². The minimum Gasteiger partial charge on any atom is -0.496 e. The lowest BCUT2D eigenvalue weighted by atomic mass is 10.1. The van der Waals surface area contributed by atoms with E-state index in [4.69, 9.17) is 4.74 Å². The van der Waals surface area contributed by atoms with Crippen molar-refractivity contribution >= 4 is 5.57 Å². The van der Waals surface area contributed by atoms with Gasteiger partial charge in [0.25, 0.3) is 0 Å². The first-order chi connectivity index (χ1) is 5.79. The second kappa shape index (κ2) is 3.90. The third-order valence-corrected chi connectivity index (χ3v) is 1.65. The summed E-state index contributed by atoms with van der Waals surface area (Å²) in [5.41, 5.74) is 1.19. The van der Waals surface area contributed by atoms with E-state index in [0.29, 0.717) is 11.3 Å². The van der Waals surface area contributed by atoms with Crippen LogP contribution < -0.4 is 4.74 Å². The minimum absolute atomic E-state index is 0.451. The molecule has 1 aromatic rings. The predicted molar refractivity (Wildman–Crippen MR) is 48.0 cm³/mol. The molecule has 0 saturated carbocycles. The summed E-state index contributed by atoms with van der Waals surface area (Å²) in [6.45, 7) is 3.06. The third kappa shape index (κ3) is 1.64. The van der Waals surface area contributed by atoms with Crippen molar-refractivity contribution in [2.45, 2.75) is 0 Å². The number of halogens is 1. The number of alkyl halides is 1. The zero-order valence-corrected chi connectivity index (χ0v) is 7.01. The second-order valence-electron chi connectivity index (χ2n) is 2.44. The van der Waals surface area contributed by atoms with Crippen molar-refractivity contribution in [3.63, 3.8) is 0 Å². The highest BCUT2D eigenvalue weighted by atomic mass is 19.1. The Morgan fingerprint density at radius 2 is 2.17 bits per heavy atom. The Kier molecular flexibility index (Phi) is 2.86. The number of rotatable bonds is 3. The fraction of sp³-hybridized carbons (Fsp3) is 0.200. The van der Waals surface area contributed by atoms with Crippen molar-refractivity contribution in [3.8, 4) is 5.75 Å². The molecule has 0 unspecified atom stereocenters. The van der Waals surface area contributed by atoms with E-state index in [1.807, 2.05) is 12.1 Å². The molecule has 2 heteroatoms. The Bertz CT molecular complexity index is 281. The molecule has 0 saturated heterocycles. The normalized spacial score (nSPS) is 9.50. The number of para-hydroxylation sites is 1. The number of methoxy groups -OCH3 is 1. The van der Waals surface area contributed by atoms with Crippen LogP contribution in [-0.4, -0.2) is 13.8 Å². The second-order valence-corrected chi connectivity index (χ2v) is 2.44. The standard InChI is InChI=1S/C10H11FO/c1-8(7-11)9-5-3-4-6-10(9)12-2/h3-6H,1,7H2,2H3. The van der Waals surface area contributed by atoms with Gasteiger partial charge in [-0.25, -0.2) is 4.39 Å². The summed E-state index contributed by atoms with van der Waals surface area (Å²) in [7, 11) is 1.56. The number of benzene rings is 1. The molecule has 0 N–H and O–H groups in total. The fourth-order valence-corrected chi connectivity index (χ4v) is 1.01. The van der Waals surface area contributed by atoms with E-state index in [1.165, 1.54) is 0 Å². The average molecular weight is 166 g/mol. The molecule has 1 nitrogen and oxygen atoms in total. The van der Waals surface area contributed by atoms with Gasteiger partial charge >= 0.3 is 0 Å². The minimum atomic E-state index is -0.541. The van der Waals surface area contributed by atoms with Gasteiger partial charge in [0.15, 0.2) is 0 Å². The van der Waals surface area contributed by atoms with E-state index in [0.717, 1.165) is 5.56 Å². The topological polar surface area (TPSA) is 9.23 Å². The zero-order chi connectivity index (χ0) is 8.97. The quantitative estimate of drug-likeness (QED) is 0.670. The molecule has 0 spiro atoms. The first kappa shape index (κ1) is 8.78. The third-order valence-electron chi connectivity index (χ3n) is 1.65. The van der Waals surface area contributed by atoms with E-state index < -0.39 is 6.67 Å². The summed E-state index contributed by atoms with van der Waals surface area (Å²) in [5, 5.41) is 0. The first-order valence-electron chi connectivity index (χ1n) is 3.66. The van der Waals surface area contributed by atoms with E-state index >= 15 is 0 Å². The molecule has 0 atom stereocenters. The van der Waals surface area contributed by atoms with Crippen LogP contribution in [0.25, 0.3) is 5.57 Å². The molecule has 0 aliphatic rings. The molecule has 0 radical (unpaired) electrons. The molecule has 1 aromatic carbocycles. The largest absolute Gasteiger partial charge is 0.496 e. The number of hydrogen-bond donors (Lipinski definition) is 0. The Morgan fingerprint density at radius 3 is 2.75 bits per heavy atom. The zero-order valence-electron chi connectivity index (χ0n) is 7.01. The fourth-order valence-electron chi connectivity index (χ4n) is 1.01. The predicted octanol–water partition coefficient (Wildman–Crippen LogP) is 2.68. The Hall–Kier alpha value is -1.31. The van der Waals surface area contributed by atoms with Crippen LogP contribution in [0.3, 0.4) is 0 Å². The van der Waals surface area contributed by atoms with E-state index in [-0.39, 0.29) is 0 Å². The van der Waals surface area contributed by atoms with Gasteiger partial charge in [-0.05, 0) is 11.6 Å². The lowest BCUT2D eigenvalue weighted by Crippen LogP contribution is -1.91. The van der Waals surface area contributed by atoms with Crippen LogP contribution >= 0.6 is 0 Å². The molecular weight excluding hydrogens is 155 g/mol. The highest BCUT2D eigenvalue weighted by molar-refractivity contribution is 5.69. The van der Waals surface area contributed by atoms with Crippen LogP contribution in [-0.2, 0) is 0 Å². The molecule has 0 aliphatic carbocycles. The maximum atomic E-state index is 12.2. The van der Waals surface area contributed by atoms with Crippen molar-refractivity contribution < 1.29 is 9.13 Å². The Balaban J connectivity index is 3.04. The summed E-state index contributed by atoms with van der Waals surface area (Å²) in [5.74, 6) is 0.667. The van der Waals surface area contributed by atoms with E-state index in [9.17, 15) is 4.39 Å². The van der Waals surface area contributed by atoms with Gasteiger partial charge in [-0.1, -0.05) is 24.8 Å². The highest BCUT2D eigenvalue weighted by Gasteiger charge is 2.03. The van der Waals surface area contributed by atoms with Crippen molar-refractivity contribution in [1.29, 1.82) is 0 Å². The lowest BCUT2D eigenvalue weighted by molar-refractivity contribution is 0.413. The number of ether oxygens (including phenoxy) is 1. The summed E-state index contributed by atoms with van der Waals surface area (Å²) < 4.78 is 17.3. The van der Waals surface area contributed by atoms with E-state index in [2.05, 4.69) is 6.58 Å². The molecule has 64 valence electrons. The van der Waals surface area contributed by atoms with Crippen LogP contribution in [0.4, 0.5) is 4.39 Å². The molecule has 1 rings (SSSR count). The summed E-state index contributed by atoms with van der Waals surface area (Å²) in [6.07, 6.45) is 0. The average Bonchev–Trinajstić information content (AvgIpc) is 2.16. The van der Waals surface area contributed by atoms with Gasteiger partial charge in [0.05, 0.1) is 7.11 Å². The van der Waals surface area contributed by atoms with Crippen LogP contribution in [0, 0.1) is 0 Å². The Labute approximate surface area is 71.5 Å². The highest BCUT2D eigenvalue weighted by Crippen LogP contribution is 2.24. The van der Waals surface area contributed by atoms with E-state index in [1.54, 1.807) is 19.2 Å².